The van der Waals surface area contributed by atoms with Gasteiger partial charge in [-0.3, -0.25) is 4.79 Å². The summed E-state index contributed by atoms with van der Waals surface area (Å²) >= 11 is 0. The molecule has 170 valence electrons. The maximum absolute atomic E-state index is 13.3. The number of hydrogen-bond acceptors (Lipinski definition) is 4. The van der Waals surface area contributed by atoms with E-state index < -0.39 is 9.73 Å². The average Bonchev–Trinajstić information content (AvgIpc) is 3.54. The molecule has 1 unspecified atom stereocenters. The lowest BCUT2D eigenvalue weighted by Crippen LogP contribution is -2.35. The highest BCUT2D eigenvalue weighted by atomic mass is 32.2. The van der Waals surface area contributed by atoms with E-state index in [1.165, 1.54) is 12.8 Å². The molecule has 6 nitrogen and oxygen atoms in total. The van der Waals surface area contributed by atoms with Crippen LogP contribution < -0.4 is 10.5 Å². The lowest BCUT2D eigenvalue weighted by atomic mass is 9.86. The first kappa shape index (κ1) is 21.3. The van der Waals surface area contributed by atoms with Crippen LogP contribution in [0.4, 0.5) is 5.69 Å². The first-order valence-corrected chi connectivity index (χ1v) is 13.2. The Balaban J connectivity index is 1.69. The summed E-state index contributed by atoms with van der Waals surface area (Å²) in [6.07, 6.45) is 10.2. The van der Waals surface area contributed by atoms with Crippen LogP contribution in [0.15, 0.2) is 46.3 Å². The van der Waals surface area contributed by atoms with Gasteiger partial charge in [-0.1, -0.05) is 6.92 Å². The number of nitrogens with zero attached hydrogens (tertiary/aromatic N) is 2. The second kappa shape index (κ2) is 7.80. The standard InChI is InChI=1S/C25H32N4O2S/c1-16-4-6-17(7-5-16)29(3)23-11-10-19(32(26,31)18-8-9-18)14-21(23)22-15-28(2)25(30)24-20(22)12-13-27-24/h10-18,26-27H,4-9H2,1-3H3/t16-,17-,32?. The minimum Gasteiger partial charge on any atom is -0.371 e. The molecule has 2 fully saturated rings. The number of H-pyrrole nitrogens is 1. The van der Waals surface area contributed by atoms with E-state index >= 15 is 0 Å². The minimum atomic E-state index is -2.82. The number of pyridine rings is 1. The van der Waals surface area contributed by atoms with E-state index in [1.54, 1.807) is 17.8 Å². The molecule has 1 aromatic carbocycles. The Kier molecular flexibility index (Phi) is 5.19. The third kappa shape index (κ3) is 3.56. The fourth-order valence-electron chi connectivity index (χ4n) is 5.13. The lowest BCUT2D eigenvalue weighted by Gasteiger charge is -2.36. The molecule has 0 bridgehead atoms. The molecule has 7 heteroatoms. The predicted molar refractivity (Wildman–Crippen MR) is 131 cm³/mol. The second-order valence-electron chi connectivity index (χ2n) is 9.73. The van der Waals surface area contributed by atoms with Crippen LogP contribution in [0.5, 0.6) is 0 Å². The van der Waals surface area contributed by atoms with Crippen molar-refractivity contribution < 1.29 is 4.21 Å². The van der Waals surface area contributed by atoms with E-state index in [2.05, 4.69) is 23.9 Å². The minimum absolute atomic E-state index is 0.0360. The average molecular weight is 453 g/mol. The van der Waals surface area contributed by atoms with E-state index in [-0.39, 0.29) is 10.8 Å². The fraction of sp³-hybridized carbons (Fsp3) is 0.480. The van der Waals surface area contributed by atoms with Crippen LogP contribution in [-0.2, 0) is 16.8 Å². The molecule has 2 aromatic heterocycles. The SMILES string of the molecule is Cn1cc(-c2cc(S(=N)(=O)C3CC3)ccc2N(C)[C@H]2CC[C@H](C)CC2)c2cc[nH]c2c1=O. The normalized spacial score (nSPS) is 23.2. The quantitative estimate of drug-likeness (QED) is 0.564. The van der Waals surface area contributed by atoms with Gasteiger partial charge in [-0.25, -0.2) is 8.99 Å². The van der Waals surface area contributed by atoms with Crippen molar-refractivity contribution in [2.24, 2.45) is 13.0 Å². The summed E-state index contributed by atoms with van der Waals surface area (Å²) in [5.41, 5.74) is 3.46. The Hall–Kier alpha value is -2.54. The van der Waals surface area contributed by atoms with Gasteiger partial charge in [0.1, 0.15) is 5.52 Å². The third-order valence-corrected chi connectivity index (χ3v) is 9.77. The number of rotatable bonds is 5. The Morgan fingerprint density at radius 3 is 2.50 bits per heavy atom. The highest BCUT2D eigenvalue weighted by molar-refractivity contribution is 7.93. The maximum Gasteiger partial charge on any atom is 0.274 e. The summed E-state index contributed by atoms with van der Waals surface area (Å²) in [5, 5.41) is 0.825. The largest absolute Gasteiger partial charge is 0.371 e. The molecule has 2 aliphatic carbocycles. The smallest absolute Gasteiger partial charge is 0.274 e. The molecule has 5 rings (SSSR count). The Morgan fingerprint density at radius 2 is 1.81 bits per heavy atom. The molecule has 32 heavy (non-hydrogen) atoms. The molecule has 2 saturated carbocycles. The number of aromatic nitrogens is 2. The molecule has 0 aliphatic heterocycles. The zero-order chi connectivity index (χ0) is 22.6. The van der Waals surface area contributed by atoms with Gasteiger partial charge in [0.25, 0.3) is 5.56 Å². The molecule has 0 amide bonds. The Labute approximate surface area is 189 Å². The molecule has 0 radical (unpaired) electrons. The number of aryl methyl sites for hydroxylation is 1. The molecular formula is C25H32N4O2S. The zero-order valence-electron chi connectivity index (χ0n) is 19.1. The fourth-order valence-corrected chi connectivity index (χ4v) is 6.88. The molecule has 2 N–H and O–H groups in total. The van der Waals surface area contributed by atoms with E-state index in [1.807, 2.05) is 30.5 Å². The third-order valence-electron chi connectivity index (χ3n) is 7.41. The van der Waals surface area contributed by atoms with E-state index in [4.69, 9.17) is 4.78 Å². The van der Waals surface area contributed by atoms with Crippen LogP contribution >= 0.6 is 0 Å². The van der Waals surface area contributed by atoms with E-state index in [0.717, 1.165) is 53.8 Å². The van der Waals surface area contributed by atoms with Crippen molar-refractivity contribution in [3.05, 3.63) is 47.0 Å². The van der Waals surface area contributed by atoms with Crippen LogP contribution in [0, 0.1) is 10.7 Å². The highest BCUT2D eigenvalue weighted by Crippen LogP contribution is 2.41. The molecular weight excluding hydrogens is 420 g/mol. The number of nitrogens with one attached hydrogen (secondary N) is 2. The molecule has 2 aliphatic rings. The summed E-state index contributed by atoms with van der Waals surface area (Å²) in [7, 11) is 1.09. The van der Waals surface area contributed by atoms with Gasteiger partial charge in [0.2, 0.25) is 0 Å². The van der Waals surface area contributed by atoms with Gasteiger partial charge < -0.3 is 14.5 Å². The summed E-state index contributed by atoms with van der Waals surface area (Å²) in [4.78, 5) is 18.7. The summed E-state index contributed by atoms with van der Waals surface area (Å²) in [6.45, 7) is 2.33. The van der Waals surface area contributed by atoms with Crippen molar-refractivity contribution in [3.63, 3.8) is 0 Å². The molecule has 3 aromatic rings. The summed E-state index contributed by atoms with van der Waals surface area (Å²) in [5.74, 6) is 0.774. The number of benzene rings is 1. The van der Waals surface area contributed by atoms with Gasteiger partial charge in [0.15, 0.2) is 0 Å². The maximum atomic E-state index is 13.3. The first-order chi connectivity index (χ1) is 15.3. The van der Waals surface area contributed by atoms with Crippen LogP contribution in [0.3, 0.4) is 0 Å². The zero-order valence-corrected chi connectivity index (χ0v) is 19.9. The van der Waals surface area contributed by atoms with Crippen molar-refractivity contribution in [2.45, 2.75) is 61.6 Å². The van der Waals surface area contributed by atoms with Crippen LogP contribution in [0.25, 0.3) is 22.0 Å². The van der Waals surface area contributed by atoms with Crippen molar-refractivity contribution in [1.29, 1.82) is 4.78 Å². The summed E-state index contributed by atoms with van der Waals surface area (Å²) < 4.78 is 23.5. The number of hydrogen-bond donors (Lipinski definition) is 2. The van der Waals surface area contributed by atoms with Gasteiger partial charge in [0, 0.05) is 64.9 Å². The predicted octanol–water partition coefficient (Wildman–Crippen LogP) is 5.12. The molecule has 0 spiro atoms. The number of fused-ring (bicyclic) bond motifs is 1. The van der Waals surface area contributed by atoms with Gasteiger partial charge in [-0.15, -0.1) is 0 Å². The number of aromatic amines is 1. The lowest BCUT2D eigenvalue weighted by molar-refractivity contribution is 0.341. The van der Waals surface area contributed by atoms with Crippen LogP contribution in [-0.4, -0.2) is 32.1 Å². The van der Waals surface area contributed by atoms with Crippen LogP contribution in [0.2, 0.25) is 0 Å². The van der Waals surface area contributed by atoms with Crippen molar-refractivity contribution >= 4 is 26.3 Å². The Morgan fingerprint density at radius 1 is 1.09 bits per heavy atom. The molecule has 0 saturated heterocycles. The van der Waals surface area contributed by atoms with Gasteiger partial charge in [0.05, 0.1) is 9.73 Å². The van der Waals surface area contributed by atoms with Crippen molar-refractivity contribution in [1.82, 2.24) is 9.55 Å². The second-order valence-corrected chi connectivity index (χ2v) is 12.1. The highest BCUT2D eigenvalue weighted by Gasteiger charge is 2.34. The van der Waals surface area contributed by atoms with Gasteiger partial charge in [-0.2, -0.15) is 0 Å². The topological polar surface area (TPSA) is 81.9 Å². The van der Waals surface area contributed by atoms with Crippen LogP contribution in [0.1, 0.15) is 45.4 Å². The van der Waals surface area contributed by atoms with Crippen molar-refractivity contribution in [2.75, 3.05) is 11.9 Å². The monoisotopic (exact) mass is 452 g/mol. The van der Waals surface area contributed by atoms with Crippen molar-refractivity contribution in [3.8, 4) is 11.1 Å². The number of anilines is 1. The van der Waals surface area contributed by atoms with E-state index in [9.17, 15) is 9.00 Å². The molecule has 1 atom stereocenters. The van der Waals surface area contributed by atoms with E-state index in [0.29, 0.717) is 16.5 Å². The van der Waals surface area contributed by atoms with Gasteiger partial charge in [-0.05, 0) is 68.7 Å². The molecule has 2 heterocycles. The Bertz CT molecular complexity index is 1330. The summed E-state index contributed by atoms with van der Waals surface area (Å²) in [6, 6.07) is 8.28. The first-order valence-electron chi connectivity index (χ1n) is 11.6. The van der Waals surface area contributed by atoms with Gasteiger partial charge >= 0.3 is 0 Å².